The maximum Gasteiger partial charge on any atom is 0.220 e. The molecule has 0 aliphatic carbocycles. The Morgan fingerprint density at radius 3 is 1.10 bits per heavy atom. The van der Waals surface area contributed by atoms with Crippen LogP contribution in [0.1, 0.15) is 348 Å². The molecule has 7 atom stereocenters. The molecule has 0 bridgehead atoms. The van der Waals surface area contributed by atoms with E-state index in [1.165, 1.54) is 276 Å². The molecule has 7 unspecified atom stereocenters. The number of carbonyl (C=O) groups excluding carboxylic acids is 1. The summed E-state index contributed by atoms with van der Waals surface area (Å²) in [6.07, 6.45) is 80.5. The fraction of sp³-hybridized carbons (Fsp3) is 0.851. The number of aliphatic hydroxyl groups is 5. The van der Waals surface area contributed by atoms with Crippen LogP contribution >= 0.6 is 0 Å². The quantitative estimate of drug-likeness (QED) is 0.0261. The highest BCUT2D eigenvalue weighted by Gasteiger charge is 2.44. The molecule has 1 aliphatic rings. The Balaban J connectivity index is 2.14. The minimum atomic E-state index is -1.58. The van der Waals surface area contributed by atoms with E-state index in [4.69, 9.17) is 9.47 Å². The number of aliphatic hydroxyl groups excluding tert-OH is 5. The van der Waals surface area contributed by atoms with Crippen LogP contribution in [-0.2, 0) is 14.3 Å². The van der Waals surface area contributed by atoms with Crippen LogP contribution < -0.4 is 5.32 Å². The average Bonchev–Trinajstić information content (AvgIpc) is 3.60. The molecular weight excluding hydrogens is 1030 g/mol. The van der Waals surface area contributed by atoms with Gasteiger partial charge in [-0.25, -0.2) is 0 Å². The van der Waals surface area contributed by atoms with Gasteiger partial charge in [-0.15, -0.1) is 0 Å². The molecule has 1 heterocycles. The zero-order chi connectivity index (χ0) is 60.0. The largest absolute Gasteiger partial charge is 0.394 e. The molecule has 9 nitrogen and oxygen atoms in total. The monoisotopic (exact) mass is 1170 g/mol. The molecule has 1 aliphatic heterocycles. The number of rotatable bonds is 63. The summed E-state index contributed by atoms with van der Waals surface area (Å²) in [5.41, 5.74) is 0. The third-order valence-electron chi connectivity index (χ3n) is 17.1. The van der Waals surface area contributed by atoms with E-state index in [0.717, 1.165) is 51.4 Å². The molecular formula is C74H137NO8. The van der Waals surface area contributed by atoms with Crippen LogP contribution in [0.3, 0.4) is 0 Å². The van der Waals surface area contributed by atoms with Crippen molar-refractivity contribution in [2.24, 2.45) is 0 Å². The second-order valence-corrected chi connectivity index (χ2v) is 25.0. The molecule has 0 radical (unpaired) electrons. The van der Waals surface area contributed by atoms with E-state index in [9.17, 15) is 30.3 Å². The number of amides is 1. The van der Waals surface area contributed by atoms with Crippen LogP contribution in [0.2, 0.25) is 0 Å². The SMILES string of the molecule is CCCCCCC/C=C\C/C=C\C/C=C\CCCCCCCCCCCCCCCCC(=O)NC(COC1OC(CO)C(O)C(O)C1O)C(O)/C=C/CC/C=C/CCCCCCCCCCCCCCCCCCCCCCCCCCC. The number of carbonyl (C=O) groups is 1. The van der Waals surface area contributed by atoms with Crippen LogP contribution in [0.15, 0.2) is 60.8 Å². The molecule has 0 aromatic rings. The van der Waals surface area contributed by atoms with Crippen molar-refractivity contribution in [2.75, 3.05) is 13.2 Å². The van der Waals surface area contributed by atoms with Crippen LogP contribution in [0.25, 0.3) is 0 Å². The van der Waals surface area contributed by atoms with Gasteiger partial charge in [-0.3, -0.25) is 4.79 Å². The summed E-state index contributed by atoms with van der Waals surface area (Å²) in [5.74, 6) is -0.184. The van der Waals surface area contributed by atoms with Gasteiger partial charge in [0.05, 0.1) is 25.4 Å². The molecule has 1 amide bonds. The molecule has 0 aromatic heterocycles. The molecule has 0 aromatic carbocycles. The summed E-state index contributed by atoms with van der Waals surface area (Å²) in [6.45, 7) is 3.80. The highest BCUT2D eigenvalue weighted by Crippen LogP contribution is 2.23. The Morgan fingerprint density at radius 2 is 0.723 bits per heavy atom. The average molecular weight is 1170 g/mol. The molecule has 83 heavy (non-hydrogen) atoms. The molecule has 6 N–H and O–H groups in total. The van der Waals surface area contributed by atoms with E-state index in [2.05, 4.69) is 67.8 Å². The molecule has 1 fully saturated rings. The van der Waals surface area contributed by atoms with Gasteiger partial charge in [-0.05, 0) is 70.6 Å². The van der Waals surface area contributed by atoms with E-state index >= 15 is 0 Å². The fourth-order valence-corrected chi connectivity index (χ4v) is 11.4. The fourth-order valence-electron chi connectivity index (χ4n) is 11.4. The van der Waals surface area contributed by atoms with Gasteiger partial charge in [0.25, 0.3) is 0 Å². The Kier molecular flexibility index (Phi) is 59.8. The van der Waals surface area contributed by atoms with Gasteiger partial charge < -0.3 is 40.3 Å². The summed E-state index contributed by atoms with van der Waals surface area (Å²) in [4.78, 5) is 13.1. The zero-order valence-corrected chi connectivity index (χ0v) is 54.5. The Labute approximate surface area is 513 Å². The van der Waals surface area contributed by atoms with Crippen molar-refractivity contribution in [1.29, 1.82) is 0 Å². The minimum absolute atomic E-state index is 0.184. The van der Waals surface area contributed by atoms with Crippen molar-refractivity contribution < 1.29 is 39.8 Å². The van der Waals surface area contributed by atoms with Crippen LogP contribution in [0.4, 0.5) is 0 Å². The number of allylic oxidation sites excluding steroid dienone is 9. The number of ether oxygens (including phenoxy) is 2. The van der Waals surface area contributed by atoms with Gasteiger partial charge in [-0.2, -0.15) is 0 Å². The first-order chi connectivity index (χ1) is 40.8. The zero-order valence-electron chi connectivity index (χ0n) is 54.5. The molecule has 486 valence electrons. The molecule has 0 saturated carbocycles. The Bertz CT molecular complexity index is 1500. The van der Waals surface area contributed by atoms with Gasteiger partial charge in [-0.1, -0.05) is 331 Å². The first-order valence-electron chi connectivity index (χ1n) is 36.0. The first-order valence-corrected chi connectivity index (χ1v) is 36.0. The predicted molar refractivity (Wildman–Crippen MR) is 355 cm³/mol. The van der Waals surface area contributed by atoms with Crippen LogP contribution in [-0.4, -0.2) is 87.5 Å². The van der Waals surface area contributed by atoms with Crippen molar-refractivity contribution in [3.63, 3.8) is 0 Å². The normalized spacial score (nSPS) is 18.6. The van der Waals surface area contributed by atoms with E-state index < -0.39 is 49.5 Å². The van der Waals surface area contributed by atoms with Crippen molar-refractivity contribution in [3.8, 4) is 0 Å². The summed E-state index contributed by atoms with van der Waals surface area (Å²) in [7, 11) is 0. The van der Waals surface area contributed by atoms with Crippen LogP contribution in [0, 0.1) is 0 Å². The molecule has 1 rings (SSSR count). The number of nitrogens with one attached hydrogen (secondary N) is 1. The van der Waals surface area contributed by atoms with E-state index in [0.29, 0.717) is 6.42 Å². The second-order valence-electron chi connectivity index (χ2n) is 25.0. The summed E-state index contributed by atoms with van der Waals surface area (Å²) in [5, 5.41) is 54.8. The topological polar surface area (TPSA) is 149 Å². The van der Waals surface area contributed by atoms with Crippen molar-refractivity contribution in [3.05, 3.63) is 60.8 Å². The lowest BCUT2D eigenvalue weighted by molar-refractivity contribution is -0.302. The lowest BCUT2D eigenvalue weighted by Crippen LogP contribution is -2.60. The summed E-state index contributed by atoms with van der Waals surface area (Å²) < 4.78 is 11.3. The van der Waals surface area contributed by atoms with Crippen LogP contribution in [0.5, 0.6) is 0 Å². The maximum absolute atomic E-state index is 13.1. The summed E-state index contributed by atoms with van der Waals surface area (Å²) in [6, 6.07) is -0.826. The highest BCUT2D eigenvalue weighted by molar-refractivity contribution is 5.76. The van der Waals surface area contributed by atoms with E-state index in [-0.39, 0.29) is 12.5 Å². The third-order valence-corrected chi connectivity index (χ3v) is 17.1. The van der Waals surface area contributed by atoms with Crippen molar-refractivity contribution in [2.45, 2.75) is 391 Å². The van der Waals surface area contributed by atoms with Gasteiger partial charge in [0.2, 0.25) is 5.91 Å². The smallest absolute Gasteiger partial charge is 0.220 e. The minimum Gasteiger partial charge on any atom is -0.394 e. The van der Waals surface area contributed by atoms with E-state index in [1.54, 1.807) is 6.08 Å². The molecule has 9 heteroatoms. The number of hydrogen-bond acceptors (Lipinski definition) is 8. The van der Waals surface area contributed by atoms with Crippen molar-refractivity contribution in [1.82, 2.24) is 5.32 Å². The molecule has 0 spiro atoms. The molecule has 1 saturated heterocycles. The van der Waals surface area contributed by atoms with Crippen molar-refractivity contribution >= 4 is 5.91 Å². The first kappa shape index (κ1) is 78.9. The van der Waals surface area contributed by atoms with Gasteiger partial charge in [0.1, 0.15) is 24.4 Å². The Morgan fingerprint density at radius 1 is 0.410 bits per heavy atom. The number of unbranched alkanes of at least 4 members (excludes halogenated alkanes) is 45. The summed E-state index contributed by atoms with van der Waals surface area (Å²) >= 11 is 0. The maximum atomic E-state index is 13.1. The third kappa shape index (κ3) is 51.6. The van der Waals surface area contributed by atoms with Gasteiger partial charge in [0, 0.05) is 6.42 Å². The standard InChI is InChI=1S/C74H137NO8/c1-3-5-7-9-11-13-15-17-19-21-23-25-27-29-31-33-34-36-37-39-41-43-45-47-49-51-53-55-57-59-61-63-68(77)67(66-82-74-73(81)72(80)71(79)69(65-76)83-74)75-70(78)64-62-60-58-56-54-52-50-48-46-44-42-40-38-35-32-30-28-26-24-22-20-18-16-14-12-10-8-6-4-2/h16,18,22,24,28,30,53,55,61,63,67-69,71-74,76-77,79-81H,3-15,17,19-21,23,25-27,29,31-52,54,56-60,62,64-66H2,1-2H3,(H,75,78)/b18-16-,24-22-,30-28-,55-53+,63-61+. The number of hydrogen-bond donors (Lipinski definition) is 6. The highest BCUT2D eigenvalue weighted by atomic mass is 16.7. The Hall–Kier alpha value is -2.11. The van der Waals surface area contributed by atoms with E-state index in [1.807, 2.05) is 6.08 Å². The lowest BCUT2D eigenvalue weighted by Gasteiger charge is -2.40. The van der Waals surface area contributed by atoms with Gasteiger partial charge in [0.15, 0.2) is 6.29 Å². The van der Waals surface area contributed by atoms with Gasteiger partial charge >= 0.3 is 0 Å². The predicted octanol–water partition coefficient (Wildman–Crippen LogP) is 19.8. The lowest BCUT2D eigenvalue weighted by atomic mass is 9.99. The second kappa shape index (κ2) is 62.9.